The largest absolute Gasteiger partial charge is 0.351 e. The van der Waals surface area contributed by atoms with Gasteiger partial charge in [0.05, 0.1) is 11.3 Å². The van der Waals surface area contributed by atoms with Crippen LogP contribution in [0.1, 0.15) is 35.9 Å². The van der Waals surface area contributed by atoms with Crippen LogP contribution >= 0.6 is 0 Å². The van der Waals surface area contributed by atoms with Crippen molar-refractivity contribution in [2.45, 2.75) is 24.8 Å². The van der Waals surface area contributed by atoms with E-state index < -0.39 is 15.9 Å². The summed E-state index contributed by atoms with van der Waals surface area (Å²) < 4.78 is 29.4. The van der Waals surface area contributed by atoms with Gasteiger partial charge < -0.3 is 15.6 Å². The Morgan fingerprint density at radius 1 is 1.32 bits per heavy atom. The number of sulfonamides is 1. The van der Waals surface area contributed by atoms with Crippen molar-refractivity contribution < 1.29 is 13.2 Å². The summed E-state index contributed by atoms with van der Waals surface area (Å²) in [6.45, 7) is 4.47. The third kappa shape index (κ3) is 4.37. The van der Waals surface area contributed by atoms with Crippen molar-refractivity contribution in [3.63, 3.8) is 0 Å². The molecule has 0 bridgehead atoms. The second kappa shape index (κ2) is 7.66. The maximum absolute atomic E-state index is 12.6. The first-order chi connectivity index (χ1) is 11.8. The van der Waals surface area contributed by atoms with Crippen molar-refractivity contribution in [2.75, 3.05) is 17.8 Å². The number of nitrogens with two attached hydrogens (primary N) is 1. The fourth-order valence-electron chi connectivity index (χ4n) is 2.37. The van der Waals surface area contributed by atoms with Crippen molar-refractivity contribution in [1.29, 1.82) is 0 Å². The lowest BCUT2D eigenvalue weighted by atomic mass is 10.1. The van der Waals surface area contributed by atoms with Crippen LogP contribution in [0.5, 0.6) is 0 Å². The number of nitrogens with zero attached hydrogens (tertiary/aromatic N) is 2. The van der Waals surface area contributed by atoms with Crippen molar-refractivity contribution in [3.8, 4) is 0 Å². The highest BCUT2D eigenvalue weighted by molar-refractivity contribution is 7.92. The molecule has 136 valence electrons. The topological polar surface area (TPSA) is 119 Å². The van der Waals surface area contributed by atoms with Gasteiger partial charge in [0.2, 0.25) is 0 Å². The first-order valence-corrected chi connectivity index (χ1v) is 9.38. The Kier molecular flexibility index (Phi) is 5.81. The molecule has 0 atom stereocenters. The normalized spacial score (nSPS) is 11.6. The average Bonchev–Trinajstić information content (AvgIpc) is 2.96. The maximum atomic E-state index is 12.6. The van der Waals surface area contributed by atoms with Gasteiger partial charge in [-0.25, -0.2) is 4.98 Å². The fourth-order valence-corrected chi connectivity index (χ4v) is 3.45. The smallest absolute Gasteiger partial charge is 0.280 e. The van der Waals surface area contributed by atoms with E-state index in [0.29, 0.717) is 18.9 Å². The second-order valence-electron chi connectivity index (χ2n) is 5.90. The summed E-state index contributed by atoms with van der Waals surface area (Å²) in [5, 5.41) is 2.54. The number of aryl methyl sites for hydroxylation is 1. The van der Waals surface area contributed by atoms with E-state index in [-0.39, 0.29) is 22.2 Å². The molecule has 9 heteroatoms. The van der Waals surface area contributed by atoms with Crippen LogP contribution in [0, 0.1) is 0 Å². The molecule has 1 amide bonds. The van der Waals surface area contributed by atoms with Gasteiger partial charge in [0, 0.05) is 32.3 Å². The standard InChI is InChI=1S/C16H23N5O3S/c1-11(2)15-19-14(10-21(15)3)25(23,24)20-13-7-5-4-6-12(13)16(22)18-9-8-17/h4-7,10-11,20H,8-9,17H2,1-3H3,(H,18,22). The summed E-state index contributed by atoms with van der Waals surface area (Å²) in [6, 6.07) is 6.38. The van der Waals surface area contributed by atoms with E-state index >= 15 is 0 Å². The Balaban J connectivity index is 2.32. The number of anilines is 1. The van der Waals surface area contributed by atoms with Crippen LogP contribution in [-0.2, 0) is 17.1 Å². The molecular weight excluding hydrogens is 342 g/mol. The molecule has 0 aliphatic heterocycles. The Bertz CT molecular complexity index is 858. The molecule has 0 spiro atoms. The summed E-state index contributed by atoms with van der Waals surface area (Å²) in [4.78, 5) is 16.4. The van der Waals surface area contributed by atoms with Crippen LogP contribution in [0.3, 0.4) is 0 Å². The van der Waals surface area contributed by atoms with Gasteiger partial charge in [0.15, 0.2) is 5.03 Å². The highest BCUT2D eigenvalue weighted by Crippen LogP contribution is 2.21. The predicted octanol–water partition coefficient (Wildman–Crippen LogP) is 1.03. The zero-order valence-electron chi connectivity index (χ0n) is 14.5. The molecule has 0 aliphatic carbocycles. The van der Waals surface area contributed by atoms with Crippen LogP contribution < -0.4 is 15.8 Å². The Morgan fingerprint density at radius 3 is 2.60 bits per heavy atom. The molecule has 4 N–H and O–H groups in total. The van der Waals surface area contributed by atoms with Gasteiger partial charge >= 0.3 is 0 Å². The molecule has 1 aromatic heterocycles. The molecule has 0 unspecified atom stereocenters. The van der Waals surface area contributed by atoms with Gasteiger partial charge in [-0.2, -0.15) is 8.42 Å². The highest BCUT2D eigenvalue weighted by Gasteiger charge is 2.23. The number of benzene rings is 1. The minimum absolute atomic E-state index is 0.0864. The van der Waals surface area contributed by atoms with Crippen LogP contribution in [0.4, 0.5) is 5.69 Å². The van der Waals surface area contributed by atoms with Crippen LogP contribution in [0.25, 0.3) is 0 Å². The summed E-state index contributed by atoms with van der Waals surface area (Å²) in [5.41, 5.74) is 5.79. The van der Waals surface area contributed by atoms with Gasteiger partial charge in [0.25, 0.3) is 15.9 Å². The molecule has 0 radical (unpaired) electrons. The third-order valence-corrected chi connectivity index (χ3v) is 4.76. The SMILES string of the molecule is CC(C)c1nc(S(=O)(=O)Nc2ccccc2C(=O)NCCN)cn1C. The van der Waals surface area contributed by atoms with E-state index in [1.54, 1.807) is 29.8 Å². The van der Waals surface area contributed by atoms with Crippen molar-refractivity contribution in [1.82, 2.24) is 14.9 Å². The fraction of sp³-hybridized carbons (Fsp3) is 0.375. The minimum Gasteiger partial charge on any atom is -0.351 e. The molecular formula is C16H23N5O3S. The zero-order valence-corrected chi connectivity index (χ0v) is 15.3. The number of nitrogens with one attached hydrogen (secondary N) is 2. The van der Waals surface area contributed by atoms with E-state index in [4.69, 9.17) is 5.73 Å². The first-order valence-electron chi connectivity index (χ1n) is 7.89. The number of aromatic nitrogens is 2. The van der Waals surface area contributed by atoms with E-state index in [0.717, 1.165) is 0 Å². The quantitative estimate of drug-likeness (QED) is 0.677. The monoisotopic (exact) mass is 365 g/mol. The number of imidazole rings is 1. The van der Waals surface area contributed by atoms with Gasteiger partial charge in [-0.3, -0.25) is 9.52 Å². The summed E-state index contributed by atoms with van der Waals surface area (Å²) in [6.07, 6.45) is 1.45. The minimum atomic E-state index is -3.91. The third-order valence-electron chi connectivity index (χ3n) is 3.53. The number of carbonyl (C=O) groups is 1. The lowest BCUT2D eigenvalue weighted by molar-refractivity contribution is 0.0955. The molecule has 0 fully saturated rings. The summed E-state index contributed by atoms with van der Waals surface area (Å²) in [5.74, 6) is 0.352. The lowest BCUT2D eigenvalue weighted by Gasteiger charge is -2.11. The number of hydrogen-bond donors (Lipinski definition) is 3. The molecule has 1 aromatic carbocycles. The molecule has 0 saturated heterocycles. The number of para-hydroxylation sites is 1. The molecule has 25 heavy (non-hydrogen) atoms. The van der Waals surface area contributed by atoms with Crippen LogP contribution in [-0.4, -0.2) is 37.0 Å². The zero-order chi connectivity index (χ0) is 18.6. The van der Waals surface area contributed by atoms with Crippen LogP contribution in [0.15, 0.2) is 35.5 Å². The van der Waals surface area contributed by atoms with E-state index in [1.807, 2.05) is 13.8 Å². The Morgan fingerprint density at radius 2 is 2.00 bits per heavy atom. The van der Waals surface area contributed by atoms with Gasteiger partial charge in [-0.05, 0) is 12.1 Å². The van der Waals surface area contributed by atoms with Gasteiger partial charge in [0.1, 0.15) is 5.82 Å². The van der Waals surface area contributed by atoms with Gasteiger partial charge in [-0.1, -0.05) is 26.0 Å². The molecule has 2 rings (SSSR count). The van der Waals surface area contributed by atoms with E-state index in [2.05, 4.69) is 15.0 Å². The number of amides is 1. The first kappa shape index (κ1) is 18.9. The number of carbonyl (C=O) groups excluding carboxylic acids is 1. The predicted molar refractivity (Wildman–Crippen MR) is 95.9 cm³/mol. The summed E-state index contributed by atoms with van der Waals surface area (Å²) in [7, 11) is -2.17. The molecule has 8 nitrogen and oxygen atoms in total. The van der Waals surface area contributed by atoms with Crippen LogP contribution in [0.2, 0.25) is 0 Å². The number of hydrogen-bond acceptors (Lipinski definition) is 5. The Labute approximate surface area is 147 Å². The maximum Gasteiger partial charge on any atom is 0.280 e. The highest BCUT2D eigenvalue weighted by atomic mass is 32.2. The second-order valence-corrected chi connectivity index (χ2v) is 7.53. The Hall–Kier alpha value is -2.39. The number of rotatable bonds is 7. The molecule has 2 aromatic rings. The lowest BCUT2D eigenvalue weighted by Crippen LogP contribution is -2.30. The van der Waals surface area contributed by atoms with Crippen molar-refractivity contribution >= 4 is 21.6 Å². The average molecular weight is 365 g/mol. The summed E-state index contributed by atoms with van der Waals surface area (Å²) >= 11 is 0. The van der Waals surface area contributed by atoms with E-state index in [9.17, 15) is 13.2 Å². The molecule has 1 heterocycles. The van der Waals surface area contributed by atoms with E-state index in [1.165, 1.54) is 12.3 Å². The van der Waals surface area contributed by atoms with Crippen molar-refractivity contribution in [2.24, 2.45) is 12.8 Å². The van der Waals surface area contributed by atoms with Gasteiger partial charge in [-0.15, -0.1) is 0 Å². The van der Waals surface area contributed by atoms with Crippen molar-refractivity contribution in [3.05, 3.63) is 41.9 Å². The molecule has 0 saturated carbocycles. The molecule has 0 aliphatic rings.